The topological polar surface area (TPSA) is 134 Å². The van der Waals surface area contributed by atoms with E-state index < -0.39 is 11.7 Å². The van der Waals surface area contributed by atoms with Gasteiger partial charge >= 0.3 is 0 Å². The lowest BCUT2D eigenvalue weighted by Crippen LogP contribution is -2.30. The first-order valence-electron chi connectivity index (χ1n) is 8.90. The lowest BCUT2D eigenvalue weighted by Gasteiger charge is -2.15. The highest BCUT2D eigenvalue weighted by atomic mass is 19.1. The molecule has 0 spiro atoms. The number of rotatable bonds is 6. The fourth-order valence-electron chi connectivity index (χ4n) is 2.70. The molecule has 0 bridgehead atoms. The number of halogens is 1. The number of nitrogens with zero attached hydrogens (tertiary/aromatic N) is 2. The van der Waals surface area contributed by atoms with Crippen molar-refractivity contribution in [1.29, 1.82) is 0 Å². The van der Waals surface area contributed by atoms with Crippen LogP contribution in [0.5, 0.6) is 0 Å². The maximum atomic E-state index is 13.1. The highest BCUT2D eigenvalue weighted by Crippen LogP contribution is 2.27. The zero-order valence-electron chi connectivity index (χ0n) is 16.3. The van der Waals surface area contributed by atoms with Crippen LogP contribution in [0, 0.1) is 12.7 Å². The van der Waals surface area contributed by atoms with Crippen molar-refractivity contribution < 1.29 is 14.0 Å². The molecule has 154 valence electrons. The molecule has 9 nitrogen and oxygen atoms in total. The largest absolute Gasteiger partial charge is 0.355 e. The number of nitrogen functional groups attached to an aromatic ring is 1. The highest BCUT2D eigenvalue weighted by molar-refractivity contribution is 6.00. The second-order valence-electron chi connectivity index (χ2n) is 6.31. The number of amides is 2. The molecule has 10 heteroatoms. The fourth-order valence-corrected chi connectivity index (χ4v) is 2.70. The molecule has 2 amide bonds. The number of benzene rings is 1. The van der Waals surface area contributed by atoms with Crippen LogP contribution < -0.4 is 27.2 Å². The molecular formula is C20H20FN7O2. The van der Waals surface area contributed by atoms with Gasteiger partial charge in [-0.05, 0) is 42.8 Å². The first kappa shape index (κ1) is 20.7. The molecule has 3 rings (SSSR count). The van der Waals surface area contributed by atoms with Crippen LogP contribution in [-0.4, -0.2) is 28.8 Å². The van der Waals surface area contributed by atoms with Crippen molar-refractivity contribution in [2.75, 3.05) is 17.7 Å². The number of hydrogen-bond donors (Lipinski definition) is 5. The molecule has 6 N–H and O–H groups in total. The van der Waals surface area contributed by atoms with Crippen molar-refractivity contribution in [3.05, 3.63) is 71.3 Å². The second kappa shape index (κ2) is 8.97. The van der Waals surface area contributed by atoms with Gasteiger partial charge in [0.25, 0.3) is 11.8 Å². The molecule has 0 fully saturated rings. The molecular weight excluding hydrogens is 389 g/mol. The monoisotopic (exact) mass is 409 g/mol. The molecule has 0 unspecified atom stereocenters. The Bertz CT molecular complexity index is 1090. The Morgan fingerprint density at radius 2 is 1.70 bits per heavy atom. The average Bonchev–Trinajstić information content (AvgIpc) is 2.76. The average molecular weight is 409 g/mol. The van der Waals surface area contributed by atoms with E-state index in [9.17, 15) is 14.0 Å². The van der Waals surface area contributed by atoms with E-state index in [0.717, 1.165) is 11.8 Å². The van der Waals surface area contributed by atoms with Crippen molar-refractivity contribution in [3.8, 4) is 0 Å². The molecule has 0 saturated heterocycles. The number of carbonyl (C=O) groups excluding carboxylic acids is 2. The van der Waals surface area contributed by atoms with Crippen molar-refractivity contribution in [2.45, 2.75) is 6.92 Å². The van der Waals surface area contributed by atoms with Crippen molar-refractivity contribution >= 4 is 34.8 Å². The van der Waals surface area contributed by atoms with Gasteiger partial charge in [-0.2, -0.15) is 0 Å². The minimum absolute atomic E-state index is 0.318. The van der Waals surface area contributed by atoms with Crippen LogP contribution in [0.4, 0.5) is 27.4 Å². The first-order chi connectivity index (χ1) is 14.4. The third-order valence-electron chi connectivity index (χ3n) is 4.25. The number of nitrogens with two attached hydrogens (primary N) is 1. The lowest BCUT2D eigenvalue weighted by molar-refractivity contribution is 0.0949. The number of carbonyl (C=O) groups is 2. The molecule has 3 aromatic rings. The summed E-state index contributed by atoms with van der Waals surface area (Å²) in [5, 5.41) is 8.72. The van der Waals surface area contributed by atoms with Crippen LogP contribution in [-0.2, 0) is 0 Å². The molecule has 0 saturated carbocycles. The summed E-state index contributed by atoms with van der Waals surface area (Å²) in [6.07, 6.45) is 2.50. The number of nitrogens with one attached hydrogen (secondary N) is 4. The van der Waals surface area contributed by atoms with Gasteiger partial charge in [-0.3, -0.25) is 15.0 Å². The third-order valence-corrected chi connectivity index (χ3v) is 4.25. The van der Waals surface area contributed by atoms with Gasteiger partial charge in [-0.15, -0.1) is 0 Å². The van der Waals surface area contributed by atoms with E-state index >= 15 is 0 Å². The fraction of sp³-hybridized carbons (Fsp3) is 0.100. The quantitative estimate of drug-likeness (QED) is 0.240. The van der Waals surface area contributed by atoms with Crippen LogP contribution >= 0.6 is 0 Å². The van der Waals surface area contributed by atoms with Crippen LogP contribution in [0.3, 0.4) is 0 Å². The van der Waals surface area contributed by atoms with E-state index in [1.165, 1.54) is 25.4 Å². The van der Waals surface area contributed by atoms with E-state index in [-0.39, 0.29) is 5.91 Å². The summed E-state index contributed by atoms with van der Waals surface area (Å²) < 4.78 is 13.1. The van der Waals surface area contributed by atoms with Gasteiger partial charge in [0.2, 0.25) is 0 Å². The Morgan fingerprint density at radius 3 is 2.33 bits per heavy atom. The van der Waals surface area contributed by atoms with Gasteiger partial charge in [0.05, 0.1) is 17.4 Å². The highest BCUT2D eigenvalue weighted by Gasteiger charge is 2.14. The molecule has 1 aromatic carbocycles. The number of pyridine rings is 2. The summed E-state index contributed by atoms with van der Waals surface area (Å²) in [4.78, 5) is 32.1. The normalized spacial score (nSPS) is 10.3. The molecule has 0 aliphatic rings. The SMILES string of the molecule is CNC(=O)c1cnc(Nc2ccc(F)cn2)cc1Nc1ccc(C(=O)NN)cc1C. The van der Waals surface area contributed by atoms with Crippen molar-refractivity contribution in [1.82, 2.24) is 20.7 Å². The van der Waals surface area contributed by atoms with E-state index in [1.807, 2.05) is 6.92 Å². The summed E-state index contributed by atoms with van der Waals surface area (Å²) in [7, 11) is 1.52. The Hall–Kier alpha value is -4.05. The molecule has 0 radical (unpaired) electrons. The Kier molecular flexibility index (Phi) is 6.18. The summed E-state index contributed by atoms with van der Waals surface area (Å²) in [6.45, 7) is 1.82. The van der Waals surface area contributed by atoms with Gasteiger partial charge < -0.3 is 16.0 Å². The van der Waals surface area contributed by atoms with E-state index in [0.29, 0.717) is 34.1 Å². The minimum atomic E-state index is -0.451. The van der Waals surface area contributed by atoms with Crippen LogP contribution in [0.25, 0.3) is 0 Å². The van der Waals surface area contributed by atoms with Gasteiger partial charge in [0.1, 0.15) is 17.5 Å². The molecule has 0 atom stereocenters. The van der Waals surface area contributed by atoms with Gasteiger partial charge in [-0.25, -0.2) is 20.2 Å². The number of aryl methyl sites for hydroxylation is 1. The van der Waals surface area contributed by atoms with Crippen LogP contribution in [0.1, 0.15) is 26.3 Å². The first-order valence-corrected chi connectivity index (χ1v) is 8.90. The van der Waals surface area contributed by atoms with Crippen molar-refractivity contribution in [2.24, 2.45) is 5.84 Å². The molecule has 0 aliphatic carbocycles. The van der Waals surface area contributed by atoms with E-state index in [2.05, 4.69) is 31.3 Å². The second-order valence-corrected chi connectivity index (χ2v) is 6.31. The Labute approximate surface area is 171 Å². The van der Waals surface area contributed by atoms with Gasteiger partial charge in [-0.1, -0.05) is 0 Å². The van der Waals surface area contributed by atoms with Gasteiger partial charge in [0, 0.05) is 30.6 Å². The molecule has 0 aliphatic heterocycles. The van der Waals surface area contributed by atoms with Crippen LogP contribution in [0.2, 0.25) is 0 Å². The lowest BCUT2D eigenvalue weighted by atomic mass is 10.1. The van der Waals surface area contributed by atoms with Crippen molar-refractivity contribution in [3.63, 3.8) is 0 Å². The Balaban J connectivity index is 1.93. The van der Waals surface area contributed by atoms with E-state index in [1.54, 1.807) is 24.3 Å². The third kappa shape index (κ3) is 4.67. The summed E-state index contributed by atoms with van der Waals surface area (Å²) in [5.41, 5.74) is 4.75. The summed E-state index contributed by atoms with van der Waals surface area (Å²) in [6, 6.07) is 9.38. The van der Waals surface area contributed by atoms with E-state index in [4.69, 9.17) is 5.84 Å². The molecule has 2 aromatic heterocycles. The summed E-state index contributed by atoms with van der Waals surface area (Å²) in [5.74, 6) is 4.79. The minimum Gasteiger partial charge on any atom is -0.355 e. The number of hydrogen-bond acceptors (Lipinski definition) is 7. The standard InChI is InChI=1S/C20H20FN7O2/c1-11-7-12(19(29)28-22)3-5-15(11)26-16-8-18(25-10-14(16)20(30)23-2)27-17-6-4-13(21)9-24-17/h3-10H,22H2,1-2H3,(H,23,30)(H,28,29)(H2,24,25,26,27). The molecule has 2 heterocycles. The summed E-state index contributed by atoms with van der Waals surface area (Å²) >= 11 is 0. The van der Waals surface area contributed by atoms with Crippen LogP contribution in [0.15, 0.2) is 48.8 Å². The zero-order valence-corrected chi connectivity index (χ0v) is 16.3. The maximum absolute atomic E-state index is 13.1. The predicted octanol–water partition coefficient (Wildman–Crippen LogP) is 2.37. The number of anilines is 4. The smallest absolute Gasteiger partial charge is 0.265 e. The zero-order chi connectivity index (χ0) is 21.7. The maximum Gasteiger partial charge on any atom is 0.265 e. The molecule has 30 heavy (non-hydrogen) atoms. The number of hydrazine groups is 1. The van der Waals surface area contributed by atoms with Gasteiger partial charge in [0.15, 0.2) is 0 Å². The predicted molar refractivity (Wildman–Crippen MR) is 111 cm³/mol. The number of aromatic nitrogens is 2. The Morgan fingerprint density at radius 1 is 0.933 bits per heavy atom.